The van der Waals surface area contributed by atoms with Gasteiger partial charge in [-0.2, -0.15) is 0 Å². The summed E-state index contributed by atoms with van der Waals surface area (Å²) < 4.78 is 2.11. The third-order valence-electron chi connectivity index (χ3n) is 3.48. The lowest BCUT2D eigenvalue weighted by atomic mass is 9.98. The van der Waals surface area contributed by atoms with Crippen LogP contribution >= 0.6 is 0 Å². The second-order valence-electron chi connectivity index (χ2n) is 4.45. The standard InChI is InChI=1S/C12H20N2O/c1-2-14-8-7-13-12(14)9-11(15)10-5-3-4-6-10/h7-8,10-11,15H,2-6,9H2,1H3. The van der Waals surface area contributed by atoms with E-state index in [0.29, 0.717) is 12.3 Å². The van der Waals surface area contributed by atoms with Crippen LogP contribution in [0.5, 0.6) is 0 Å². The van der Waals surface area contributed by atoms with E-state index in [1.54, 1.807) is 0 Å². The van der Waals surface area contributed by atoms with Crippen LogP contribution in [-0.2, 0) is 13.0 Å². The number of aliphatic hydroxyl groups is 1. The summed E-state index contributed by atoms with van der Waals surface area (Å²) >= 11 is 0. The maximum Gasteiger partial charge on any atom is 0.111 e. The predicted octanol–water partition coefficient (Wildman–Crippen LogP) is 2.00. The lowest BCUT2D eigenvalue weighted by molar-refractivity contribution is 0.108. The van der Waals surface area contributed by atoms with Crippen molar-refractivity contribution in [3.05, 3.63) is 18.2 Å². The number of hydrogen-bond donors (Lipinski definition) is 1. The highest BCUT2D eigenvalue weighted by molar-refractivity contribution is 4.95. The summed E-state index contributed by atoms with van der Waals surface area (Å²) in [6.45, 7) is 3.04. The van der Waals surface area contributed by atoms with Crippen molar-refractivity contribution in [2.75, 3.05) is 0 Å². The molecule has 1 N–H and O–H groups in total. The van der Waals surface area contributed by atoms with Crippen molar-refractivity contribution in [1.82, 2.24) is 9.55 Å². The van der Waals surface area contributed by atoms with Gasteiger partial charge in [0.25, 0.3) is 0 Å². The first-order valence-electron chi connectivity index (χ1n) is 5.99. The molecule has 1 aliphatic rings. The molecule has 2 rings (SSSR count). The molecule has 1 aliphatic carbocycles. The van der Waals surface area contributed by atoms with E-state index in [4.69, 9.17) is 0 Å². The highest BCUT2D eigenvalue weighted by Gasteiger charge is 2.24. The Hall–Kier alpha value is -0.830. The Kier molecular flexibility index (Phi) is 3.41. The number of aromatic nitrogens is 2. The van der Waals surface area contributed by atoms with Crippen LogP contribution < -0.4 is 0 Å². The normalized spacial score (nSPS) is 19.6. The van der Waals surface area contributed by atoms with E-state index in [1.807, 2.05) is 12.4 Å². The van der Waals surface area contributed by atoms with Gasteiger partial charge in [-0.25, -0.2) is 4.98 Å². The van der Waals surface area contributed by atoms with E-state index in [-0.39, 0.29) is 6.10 Å². The van der Waals surface area contributed by atoms with Gasteiger partial charge in [-0.1, -0.05) is 12.8 Å². The van der Waals surface area contributed by atoms with E-state index in [0.717, 1.165) is 12.4 Å². The predicted molar refractivity (Wildman–Crippen MR) is 59.6 cm³/mol. The summed E-state index contributed by atoms with van der Waals surface area (Å²) in [6.07, 6.45) is 9.26. The lowest BCUT2D eigenvalue weighted by Gasteiger charge is -2.17. The largest absolute Gasteiger partial charge is 0.392 e. The molecule has 0 aromatic carbocycles. The topological polar surface area (TPSA) is 38.0 Å². The van der Waals surface area contributed by atoms with Crippen LogP contribution in [0.2, 0.25) is 0 Å². The van der Waals surface area contributed by atoms with Crippen LogP contribution in [0, 0.1) is 5.92 Å². The van der Waals surface area contributed by atoms with Crippen LogP contribution in [0.15, 0.2) is 12.4 Å². The third-order valence-corrected chi connectivity index (χ3v) is 3.48. The quantitative estimate of drug-likeness (QED) is 0.821. The summed E-state index contributed by atoms with van der Waals surface area (Å²) in [5.74, 6) is 1.53. The van der Waals surface area contributed by atoms with Gasteiger partial charge < -0.3 is 9.67 Å². The Morgan fingerprint density at radius 3 is 2.93 bits per heavy atom. The zero-order valence-corrected chi connectivity index (χ0v) is 9.39. The van der Waals surface area contributed by atoms with Gasteiger partial charge in [-0.3, -0.25) is 0 Å². The maximum atomic E-state index is 10.1. The van der Waals surface area contributed by atoms with Crippen molar-refractivity contribution < 1.29 is 5.11 Å². The monoisotopic (exact) mass is 208 g/mol. The molecule has 1 unspecified atom stereocenters. The Morgan fingerprint density at radius 2 is 2.27 bits per heavy atom. The number of hydrogen-bond acceptors (Lipinski definition) is 2. The summed E-state index contributed by atoms with van der Waals surface area (Å²) in [7, 11) is 0. The summed E-state index contributed by atoms with van der Waals surface area (Å²) in [5.41, 5.74) is 0. The average molecular weight is 208 g/mol. The van der Waals surface area contributed by atoms with Crippen LogP contribution in [0.3, 0.4) is 0 Å². The molecular formula is C12H20N2O. The highest BCUT2D eigenvalue weighted by Crippen LogP contribution is 2.28. The van der Waals surface area contributed by atoms with Crippen LogP contribution in [0.4, 0.5) is 0 Å². The summed E-state index contributed by atoms with van der Waals surface area (Å²) in [4.78, 5) is 4.30. The van der Waals surface area contributed by atoms with Crippen molar-refractivity contribution in [3.8, 4) is 0 Å². The van der Waals surface area contributed by atoms with Crippen molar-refractivity contribution >= 4 is 0 Å². The zero-order valence-electron chi connectivity index (χ0n) is 9.39. The SMILES string of the molecule is CCn1ccnc1CC(O)C1CCCC1. The van der Waals surface area contributed by atoms with E-state index in [1.165, 1.54) is 25.7 Å². The number of imidazole rings is 1. The van der Waals surface area contributed by atoms with Crippen molar-refractivity contribution in [1.29, 1.82) is 0 Å². The van der Waals surface area contributed by atoms with Crippen molar-refractivity contribution in [2.24, 2.45) is 5.92 Å². The molecule has 0 bridgehead atoms. The first-order valence-corrected chi connectivity index (χ1v) is 5.99. The molecule has 1 aromatic rings. The molecular weight excluding hydrogens is 188 g/mol. The molecule has 1 fully saturated rings. The minimum Gasteiger partial charge on any atom is -0.392 e. The molecule has 0 radical (unpaired) electrons. The van der Waals surface area contributed by atoms with Gasteiger partial charge in [0.05, 0.1) is 6.10 Å². The highest BCUT2D eigenvalue weighted by atomic mass is 16.3. The second kappa shape index (κ2) is 4.79. The molecule has 0 aliphatic heterocycles. The van der Waals surface area contributed by atoms with Crippen molar-refractivity contribution in [3.63, 3.8) is 0 Å². The molecule has 15 heavy (non-hydrogen) atoms. The second-order valence-corrected chi connectivity index (χ2v) is 4.45. The van der Waals surface area contributed by atoms with Crippen LogP contribution in [-0.4, -0.2) is 20.8 Å². The molecule has 1 atom stereocenters. The van der Waals surface area contributed by atoms with Gasteiger partial charge in [0.15, 0.2) is 0 Å². The Bertz CT molecular complexity index is 302. The first kappa shape index (κ1) is 10.7. The van der Waals surface area contributed by atoms with Gasteiger partial charge in [-0.05, 0) is 25.7 Å². The van der Waals surface area contributed by atoms with Gasteiger partial charge in [0.2, 0.25) is 0 Å². The summed E-state index contributed by atoms with van der Waals surface area (Å²) in [6, 6.07) is 0. The lowest BCUT2D eigenvalue weighted by Crippen LogP contribution is -2.22. The fourth-order valence-corrected chi connectivity index (χ4v) is 2.51. The Labute approximate surface area is 91.1 Å². The van der Waals surface area contributed by atoms with Crippen LogP contribution in [0.1, 0.15) is 38.4 Å². The van der Waals surface area contributed by atoms with Gasteiger partial charge in [-0.15, -0.1) is 0 Å². The van der Waals surface area contributed by atoms with Gasteiger partial charge >= 0.3 is 0 Å². The molecule has 3 nitrogen and oxygen atoms in total. The Morgan fingerprint density at radius 1 is 1.53 bits per heavy atom. The van der Waals surface area contributed by atoms with Gasteiger partial charge in [0, 0.05) is 25.4 Å². The molecule has 1 saturated carbocycles. The third kappa shape index (κ3) is 2.40. The fourth-order valence-electron chi connectivity index (χ4n) is 2.51. The molecule has 3 heteroatoms. The fraction of sp³-hybridized carbons (Fsp3) is 0.750. The van der Waals surface area contributed by atoms with Crippen molar-refractivity contribution in [2.45, 2.75) is 51.7 Å². The Balaban J connectivity index is 1.95. The smallest absolute Gasteiger partial charge is 0.111 e. The van der Waals surface area contributed by atoms with E-state index in [2.05, 4.69) is 16.5 Å². The van der Waals surface area contributed by atoms with E-state index in [9.17, 15) is 5.11 Å². The zero-order chi connectivity index (χ0) is 10.7. The minimum absolute atomic E-state index is 0.194. The van der Waals surface area contributed by atoms with E-state index < -0.39 is 0 Å². The maximum absolute atomic E-state index is 10.1. The number of aryl methyl sites for hydroxylation is 1. The molecule has 0 amide bonds. The number of nitrogens with zero attached hydrogens (tertiary/aromatic N) is 2. The van der Waals surface area contributed by atoms with Crippen LogP contribution in [0.25, 0.3) is 0 Å². The molecule has 84 valence electrons. The molecule has 1 heterocycles. The average Bonchev–Trinajstić information content (AvgIpc) is 2.87. The number of aliphatic hydroxyl groups excluding tert-OH is 1. The molecule has 0 saturated heterocycles. The first-order chi connectivity index (χ1) is 7.31. The molecule has 1 aromatic heterocycles. The minimum atomic E-state index is -0.194. The summed E-state index contributed by atoms with van der Waals surface area (Å²) in [5, 5.41) is 10.1. The van der Waals surface area contributed by atoms with Gasteiger partial charge in [0.1, 0.15) is 5.82 Å². The number of rotatable bonds is 4. The van der Waals surface area contributed by atoms with E-state index >= 15 is 0 Å². The molecule has 0 spiro atoms.